The van der Waals surface area contributed by atoms with Gasteiger partial charge in [-0.25, -0.2) is 0 Å². The van der Waals surface area contributed by atoms with Crippen LogP contribution in [0.25, 0.3) is 0 Å². The standard InChI is InChI=1S/C16H28N2/c1-13(2)11-16(3,4)18-12-15(17)10-14-8-6-5-7-9-14/h5-9,13,15,18H,10-12,17H2,1-4H3. The first-order valence-corrected chi connectivity index (χ1v) is 6.93. The molecule has 0 aromatic heterocycles. The highest BCUT2D eigenvalue weighted by molar-refractivity contribution is 5.15. The zero-order valence-corrected chi connectivity index (χ0v) is 12.2. The molecule has 1 aromatic rings. The number of benzene rings is 1. The summed E-state index contributed by atoms with van der Waals surface area (Å²) in [7, 11) is 0. The van der Waals surface area contributed by atoms with Gasteiger partial charge in [-0.05, 0) is 38.2 Å². The minimum atomic E-state index is 0.169. The Labute approximate surface area is 112 Å². The van der Waals surface area contributed by atoms with Crippen LogP contribution in [0, 0.1) is 5.92 Å². The van der Waals surface area contributed by atoms with Crippen LogP contribution in [-0.4, -0.2) is 18.1 Å². The maximum Gasteiger partial charge on any atom is 0.0206 e. The molecule has 2 nitrogen and oxygen atoms in total. The van der Waals surface area contributed by atoms with Crippen LogP contribution in [0.15, 0.2) is 30.3 Å². The second kappa shape index (κ2) is 6.91. The van der Waals surface area contributed by atoms with E-state index in [0.29, 0.717) is 5.92 Å². The van der Waals surface area contributed by atoms with Gasteiger partial charge in [0.2, 0.25) is 0 Å². The van der Waals surface area contributed by atoms with Crippen molar-refractivity contribution in [1.29, 1.82) is 0 Å². The molecule has 1 unspecified atom stereocenters. The Balaban J connectivity index is 2.35. The fourth-order valence-corrected chi connectivity index (χ4v) is 2.49. The highest BCUT2D eigenvalue weighted by atomic mass is 15.0. The fraction of sp³-hybridized carbons (Fsp3) is 0.625. The highest BCUT2D eigenvalue weighted by Gasteiger charge is 2.19. The molecular formula is C16H28N2. The third kappa shape index (κ3) is 6.18. The lowest BCUT2D eigenvalue weighted by atomic mass is 9.92. The summed E-state index contributed by atoms with van der Waals surface area (Å²) in [5.41, 5.74) is 7.66. The molecule has 3 N–H and O–H groups in total. The predicted octanol–water partition coefficient (Wildman–Crippen LogP) is 2.97. The Kier molecular flexibility index (Phi) is 5.83. The highest BCUT2D eigenvalue weighted by Crippen LogP contribution is 2.15. The van der Waals surface area contributed by atoms with Gasteiger partial charge in [0.25, 0.3) is 0 Å². The van der Waals surface area contributed by atoms with E-state index in [9.17, 15) is 0 Å². The molecule has 2 heteroatoms. The van der Waals surface area contributed by atoms with Gasteiger partial charge in [0, 0.05) is 18.1 Å². The molecule has 0 aliphatic rings. The van der Waals surface area contributed by atoms with Crippen molar-refractivity contribution in [2.75, 3.05) is 6.54 Å². The van der Waals surface area contributed by atoms with Gasteiger partial charge >= 0.3 is 0 Å². The lowest BCUT2D eigenvalue weighted by Crippen LogP contribution is -2.47. The molecule has 0 amide bonds. The molecule has 1 aromatic carbocycles. The van der Waals surface area contributed by atoms with E-state index in [0.717, 1.165) is 13.0 Å². The summed E-state index contributed by atoms with van der Waals surface area (Å²) in [5.74, 6) is 0.706. The van der Waals surface area contributed by atoms with Crippen molar-refractivity contribution in [1.82, 2.24) is 5.32 Å². The molecule has 18 heavy (non-hydrogen) atoms. The smallest absolute Gasteiger partial charge is 0.0206 e. The monoisotopic (exact) mass is 248 g/mol. The first-order chi connectivity index (χ1) is 8.39. The summed E-state index contributed by atoms with van der Waals surface area (Å²) in [6.07, 6.45) is 2.11. The lowest BCUT2D eigenvalue weighted by molar-refractivity contribution is 0.310. The second-order valence-electron chi connectivity index (χ2n) is 6.31. The van der Waals surface area contributed by atoms with Crippen molar-refractivity contribution in [2.45, 2.75) is 52.1 Å². The van der Waals surface area contributed by atoms with Gasteiger partial charge in [0.1, 0.15) is 0 Å². The normalized spacial score (nSPS) is 13.9. The van der Waals surface area contributed by atoms with Crippen LogP contribution in [0.5, 0.6) is 0 Å². The van der Waals surface area contributed by atoms with Crippen LogP contribution < -0.4 is 11.1 Å². The number of nitrogens with two attached hydrogens (primary N) is 1. The van der Waals surface area contributed by atoms with Crippen LogP contribution in [0.2, 0.25) is 0 Å². The summed E-state index contributed by atoms with van der Waals surface area (Å²) in [6.45, 7) is 9.89. The van der Waals surface area contributed by atoms with E-state index in [1.165, 1.54) is 12.0 Å². The van der Waals surface area contributed by atoms with Crippen molar-refractivity contribution in [3.63, 3.8) is 0 Å². The van der Waals surface area contributed by atoms with Crippen molar-refractivity contribution >= 4 is 0 Å². The van der Waals surface area contributed by atoms with E-state index in [1.54, 1.807) is 0 Å². The van der Waals surface area contributed by atoms with Gasteiger partial charge in [-0.3, -0.25) is 0 Å². The van der Waals surface area contributed by atoms with Crippen molar-refractivity contribution < 1.29 is 0 Å². The average molecular weight is 248 g/mol. The third-order valence-corrected chi connectivity index (χ3v) is 3.10. The molecule has 0 saturated heterocycles. The van der Waals surface area contributed by atoms with E-state index in [4.69, 9.17) is 5.73 Å². The largest absolute Gasteiger partial charge is 0.326 e. The third-order valence-electron chi connectivity index (χ3n) is 3.10. The summed E-state index contributed by atoms with van der Waals surface area (Å²) < 4.78 is 0. The molecular weight excluding hydrogens is 220 g/mol. The molecule has 0 spiro atoms. The fourth-order valence-electron chi connectivity index (χ4n) is 2.49. The Morgan fingerprint density at radius 2 is 1.78 bits per heavy atom. The van der Waals surface area contributed by atoms with Crippen LogP contribution in [0.3, 0.4) is 0 Å². The summed E-state index contributed by atoms with van der Waals surface area (Å²) in [4.78, 5) is 0. The van der Waals surface area contributed by atoms with Crippen molar-refractivity contribution in [2.24, 2.45) is 11.7 Å². The average Bonchev–Trinajstić information content (AvgIpc) is 2.26. The Bertz CT molecular complexity index is 330. The van der Waals surface area contributed by atoms with E-state index in [-0.39, 0.29) is 11.6 Å². The van der Waals surface area contributed by atoms with Crippen LogP contribution >= 0.6 is 0 Å². The molecule has 0 fully saturated rings. The zero-order chi connectivity index (χ0) is 13.6. The van der Waals surface area contributed by atoms with E-state index < -0.39 is 0 Å². The lowest BCUT2D eigenvalue weighted by Gasteiger charge is -2.30. The molecule has 0 bridgehead atoms. The molecule has 1 rings (SSSR count). The van der Waals surface area contributed by atoms with E-state index in [2.05, 4.69) is 57.3 Å². The van der Waals surface area contributed by atoms with Gasteiger partial charge in [0.05, 0.1) is 0 Å². The first kappa shape index (κ1) is 15.2. The zero-order valence-electron chi connectivity index (χ0n) is 12.2. The Morgan fingerprint density at radius 1 is 1.17 bits per heavy atom. The van der Waals surface area contributed by atoms with Gasteiger partial charge in [-0.2, -0.15) is 0 Å². The predicted molar refractivity (Wildman–Crippen MR) is 79.7 cm³/mol. The van der Waals surface area contributed by atoms with Crippen LogP contribution in [0.4, 0.5) is 0 Å². The van der Waals surface area contributed by atoms with E-state index >= 15 is 0 Å². The minimum absolute atomic E-state index is 0.169. The van der Waals surface area contributed by atoms with Crippen LogP contribution in [0.1, 0.15) is 39.7 Å². The molecule has 102 valence electrons. The molecule has 0 radical (unpaired) electrons. The SMILES string of the molecule is CC(C)CC(C)(C)NCC(N)Cc1ccccc1. The summed E-state index contributed by atoms with van der Waals surface area (Å²) >= 11 is 0. The first-order valence-electron chi connectivity index (χ1n) is 6.93. The quantitative estimate of drug-likeness (QED) is 0.778. The number of hydrogen-bond donors (Lipinski definition) is 2. The maximum atomic E-state index is 6.18. The Morgan fingerprint density at radius 3 is 2.33 bits per heavy atom. The molecule has 0 heterocycles. The van der Waals surface area contributed by atoms with Gasteiger partial charge in [-0.15, -0.1) is 0 Å². The van der Waals surface area contributed by atoms with Crippen LogP contribution in [-0.2, 0) is 6.42 Å². The minimum Gasteiger partial charge on any atom is -0.326 e. The maximum absolute atomic E-state index is 6.18. The second-order valence-corrected chi connectivity index (χ2v) is 6.31. The summed E-state index contributed by atoms with van der Waals surface area (Å²) in [5, 5.41) is 3.59. The van der Waals surface area contributed by atoms with Crippen molar-refractivity contribution in [3.05, 3.63) is 35.9 Å². The van der Waals surface area contributed by atoms with Gasteiger partial charge in [0.15, 0.2) is 0 Å². The molecule has 0 aliphatic carbocycles. The molecule has 0 aliphatic heterocycles. The molecule has 1 atom stereocenters. The number of rotatable bonds is 7. The number of hydrogen-bond acceptors (Lipinski definition) is 2. The van der Waals surface area contributed by atoms with Gasteiger partial charge < -0.3 is 11.1 Å². The number of nitrogens with one attached hydrogen (secondary N) is 1. The van der Waals surface area contributed by atoms with E-state index in [1.807, 2.05) is 6.07 Å². The Hall–Kier alpha value is -0.860. The topological polar surface area (TPSA) is 38.0 Å². The van der Waals surface area contributed by atoms with Crippen molar-refractivity contribution in [3.8, 4) is 0 Å². The molecule has 0 saturated carbocycles. The summed E-state index contributed by atoms with van der Waals surface area (Å²) in [6, 6.07) is 10.6. The van der Waals surface area contributed by atoms with Gasteiger partial charge in [-0.1, -0.05) is 44.2 Å².